The van der Waals surface area contributed by atoms with Gasteiger partial charge in [-0.05, 0) is 43.0 Å². The smallest absolute Gasteiger partial charge is 0.328 e. The molecular weight excluding hydrogens is 318 g/mol. The number of carbonyl (C=O) groups is 2. The molecule has 0 radical (unpaired) electrons. The van der Waals surface area contributed by atoms with E-state index in [1.807, 2.05) is 17.0 Å². The fraction of sp³-hybridized carbons (Fsp3) is 0.526. The molecule has 1 saturated heterocycles. The Morgan fingerprint density at radius 1 is 1.20 bits per heavy atom. The molecule has 0 unspecified atom stereocenters. The van der Waals surface area contributed by atoms with Crippen molar-refractivity contribution >= 4 is 23.8 Å². The lowest BCUT2D eigenvalue weighted by Crippen LogP contribution is -2.36. The van der Waals surface area contributed by atoms with Crippen LogP contribution in [0.5, 0.6) is 0 Å². The Balaban J connectivity index is 1.51. The minimum Gasteiger partial charge on any atom is -0.478 e. The van der Waals surface area contributed by atoms with E-state index in [1.165, 1.54) is 25.3 Å². The predicted octanol–water partition coefficient (Wildman–Crippen LogP) is 2.77. The lowest BCUT2D eigenvalue weighted by atomic mass is 9.88. The van der Waals surface area contributed by atoms with Crippen molar-refractivity contribution in [1.82, 2.24) is 9.88 Å². The van der Waals surface area contributed by atoms with E-state index in [2.05, 4.69) is 10.3 Å². The summed E-state index contributed by atoms with van der Waals surface area (Å²) in [4.78, 5) is 29.4. The molecule has 6 nitrogen and oxygen atoms in total. The number of likely N-dealkylation sites (tertiary alicyclic amines) is 1. The van der Waals surface area contributed by atoms with E-state index in [1.54, 1.807) is 6.20 Å². The Morgan fingerprint density at radius 2 is 2.00 bits per heavy atom. The van der Waals surface area contributed by atoms with Gasteiger partial charge in [0.1, 0.15) is 5.82 Å². The number of nitrogens with zero attached hydrogens (tertiary/aromatic N) is 2. The standard InChI is InChI=1S/C19H25N3O3/c23-18(24)9-7-14-6-8-17(20-12-14)21-16-10-11-22(13-16)19(25)15-4-2-1-3-5-15/h6-9,12,15-16H,1-5,10-11,13H2,(H,20,21)(H,23,24)/t16-/m1/s1. The van der Waals surface area contributed by atoms with Crippen LogP contribution in [0.15, 0.2) is 24.4 Å². The van der Waals surface area contributed by atoms with Crippen molar-refractivity contribution in [1.29, 1.82) is 0 Å². The van der Waals surface area contributed by atoms with Gasteiger partial charge in [0, 0.05) is 37.3 Å². The third-order valence-corrected chi connectivity index (χ3v) is 5.01. The molecule has 134 valence electrons. The molecule has 2 fully saturated rings. The normalized spacial score (nSPS) is 21.6. The second-order valence-corrected chi connectivity index (χ2v) is 6.90. The summed E-state index contributed by atoms with van der Waals surface area (Å²) >= 11 is 0. The van der Waals surface area contributed by atoms with E-state index in [4.69, 9.17) is 5.11 Å². The fourth-order valence-corrected chi connectivity index (χ4v) is 3.65. The molecule has 0 aromatic carbocycles. The van der Waals surface area contributed by atoms with Gasteiger partial charge < -0.3 is 15.3 Å². The second-order valence-electron chi connectivity index (χ2n) is 6.90. The molecule has 1 atom stereocenters. The molecule has 1 aliphatic heterocycles. The van der Waals surface area contributed by atoms with Crippen LogP contribution >= 0.6 is 0 Å². The first-order chi connectivity index (χ1) is 12.1. The Labute approximate surface area is 147 Å². The highest BCUT2D eigenvalue weighted by Gasteiger charge is 2.31. The van der Waals surface area contributed by atoms with Crippen molar-refractivity contribution in [3.63, 3.8) is 0 Å². The average molecular weight is 343 g/mol. The summed E-state index contributed by atoms with van der Waals surface area (Å²) in [7, 11) is 0. The highest BCUT2D eigenvalue weighted by molar-refractivity contribution is 5.85. The molecule has 1 aromatic heterocycles. The van der Waals surface area contributed by atoms with Gasteiger partial charge >= 0.3 is 5.97 Å². The van der Waals surface area contributed by atoms with E-state index >= 15 is 0 Å². The summed E-state index contributed by atoms with van der Waals surface area (Å²) in [6, 6.07) is 3.89. The topological polar surface area (TPSA) is 82.5 Å². The van der Waals surface area contributed by atoms with Gasteiger partial charge in [-0.3, -0.25) is 4.79 Å². The van der Waals surface area contributed by atoms with Crippen LogP contribution in [0.4, 0.5) is 5.82 Å². The Hall–Kier alpha value is -2.37. The molecule has 2 heterocycles. The van der Waals surface area contributed by atoms with Gasteiger partial charge in [0.2, 0.25) is 5.91 Å². The zero-order chi connectivity index (χ0) is 17.6. The average Bonchev–Trinajstić information content (AvgIpc) is 3.09. The third kappa shape index (κ3) is 4.81. The largest absolute Gasteiger partial charge is 0.478 e. The number of rotatable bonds is 5. The summed E-state index contributed by atoms with van der Waals surface area (Å²) in [5.41, 5.74) is 0.744. The maximum Gasteiger partial charge on any atom is 0.328 e. The molecule has 1 aliphatic carbocycles. The van der Waals surface area contributed by atoms with Crippen LogP contribution in [-0.4, -0.2) is 46.0 Å². The number of anilines is 1. The lowest BCUT2D eigenvalue weighted by molar-refractivity contribution is -0.135. The highest BCUT2D eigenvalue weighted by Crippen LogP contribution is 2.27. The molecule has 2 aliphatic rings. The molecular formula is C19H25N3O3. The van der Waals surface area contributed by atoms with E-state index in [0.29, 0.717) is 5.91 Å². The maximum absolute atomic E-state index is 12.6. The Bertz CT molecular complexity index is 636. The number of amides is 1. The molecule has 1 amide bonds. The molecule has 6 heteroatoms. The van der Waals surface area contributed by atoms with Gasteiger partial charge in [0.15, 0.2) is 0 Å². The first-order valence-electron chi connectivity index (χ1n) is 9.04. The van der Waals surface area contributed by atoms with Gasteiger partial charge in [-0.15, -0.1) is 0 Å². The number of pyridine rings is 1. The summed E-state index contributed by atoms with van der Waals surface area (Å²) in [5.74, 6) is 0.331. The van der Waals surface area contributed by atoms with Crippen molar-refractivity contribution in [2.45, 2.75) is 44.6 Å². The summed E-state index contributed by atoms with van der Waals surface area (Å²) in [6.45, 7) is 1.55. The highest BCUT2D eigenvalue weighted by atomic mass is 16.4. The molecule has 0 spiro atoms. The molecule has 1 saturated carbocycles. The molecule has 25 heavy (non-hydrogen) atoms. The minimum absolute atomic E-state index is 0.223. The van der Waals surface area contributed by atoms with Crippen LogP contribution in [0.1, 0.15) is 44.1 Å². The van der Waals surface area contributed by atoms with E-state index < -0.39 is 5.97 Å². The monoisotopic (exact) mass is 343 g/mol. The summed E-state index contributed by atoms with van der Waals surface area (Å²) in [6.07, 6.45) is 10.9. The van der Waals surface area contributed by atoms with Gasteiger partial charge in [0.25, 0.3) is 0 Å². The van der Waals surface area contributed by atoms with Gasteiger partial charge in [0.05, 0.1) is 0 Å². The minimum atomic E-state index is -0.976. The molecule has 1 aromatic rings. The van der Waals surface area contributed by atoms with Crippen molar-refractivity contribution in [2.75, 3.05) is 18.4 Å². The van der Waals surface area contributed by atoms with Crippen molar-refractivity contribution in [3.8, 4) is 0 Å². The van der Waals surface area contributed by atoms with E-state index in [9.17, 15) is 9.59 Å². The van der Waals surface area contributed by atoms with Crippen molar-refractivity contribution in [2.24, 2.45) is 5.92 Å². The first kappa shape index (κ1) is 17.5. The predicted molar refractivity (Wildman–Crippen MR) is 96.1 cm³/mol. The maximum atomic E-state index is 12.6. The molecule has 3 rings (SSSR count). The van der Waals surface area contributed by atoms with Crippen LogP contribution in [0.25, 0.3) is 6.08 Å². The number of hydrogen-bond acceptors (Lipinski definition) is 4. The number of carboxylic acid groups (broad SMARTS) is 1. The number of aliphatic carboxylic acids is 1. The molecule has 2 N–H and O–H groups in total. The van der Waals surface area contributed by atoms with E-state index in [0.717, 1.165) is 49.8 Å². The number of hydrogen-bond donors (Lipinski definition) is 2. The third-order valence-electron chi connectivity index (χ3n) is 5.01. The van der Waals surface area contributed by atoms with Crippen LogP contribution < -0.4 is 5.32 Å². The summed E-state index contributed by atoms with van der Waals surface area (Å²) in [5, 5.41) is 12.0. The molecule has 0 bridgehead atoms. The Morgan fingerprint density at radius 3 is 2.68 bits per heavy atom. The fourth-order valence-electron chi connectivity index (χ4n) is 3.65. The number of aromatic nitrogens is 1. The summed E-state index contributed by atoms with van der Waals surface area (Å²) < 4.78 is 0. The van der Waals surface area contributed by atoms with Crippen LogP contribution in [0.3, 0.4) is 0 Å². The van der Waals surface area contributed by atoms with Gasteiger partial charge in [-0.25, -0.2) is 9.78 Å². The number of carbonyl (C=O) groups excluding carboxylic acids is 1. The zero-order valence-corrected chi connectivity index (χ0v) is 14.4. The van der Waals surface area contributed by atoms with Gasteiger partial charge in [-0.2, -0.15) is 0 Å². The van der Waals surface area contributed by atoms with Crippen LogP contribution in [0, 0.1) is 5.92 Å². The second kappa shape index (κ2) is 8.14. The van der Waals surface area contributed by atoms with E-state index in [-0.39, 0.29) is 12.0 Å². The quantitative estimate of drug-likeness (QED) is 0.803. The Kier molecular flexibility index (Phi) is 5.68. The first-order valence-corrected chi connectivity index (χ1v) is 9.04. The van der Waals surface area contributed by atoms with Crippen molar-refractivity contribution < 1.29 is 14.7 Å². The van der Waals surface area contributed by atoms with Gasteiger partial charge in [-0.1, -0.05) is 19.3 Å². The van der Waals surface area contributed by atoms with Crippen LogP contribution in [-0.2, 0) is 9.59 Å². The number of nitrogens with one attached hydrogen (secondary N) is 1. The van der Waals surface area contributed by atoms with Crippen molar-refractivity contribution in [3.05, 3.63) is 30.0 Å². The zero-order valence-electron chi connectivity index (χ0n) is 14.4. The van der Waals surface area contributed by atoms with Crippen LogP contribution in [0.2, 0.25) is 0 Å². The lowest BCUT2D eigenvalue weighted by Gasteiger charge is -2.26. The number of carboxylic acids is 1. The SMILES string of the molecule is O=C(O)C=Cc1ccc(N[C@@H]2CCN(C(=O)C3CCCCC3)C2)nc1.